The molecule has 208 valence electrons. The molecule has 1 atom stereocenters. The first-order chi connectivity index (χ1) is 18.6. The molecule has 39 heavy (non-hydrogen) atoms. The third kappa shape index (κ3) is 7.52. The van der Waals surface area contributed by atoms with E-state index in [1.807, 2.05) is 13.8 Å². The SMILES string of the molecule is CCOc1ccc(S(=O)(=O)N(CC(=O)N(Cc2ccc(Cl)cc2)[C@H](CC)C(=O)NC)c2ccc(C)cc2)cc1. The highest BCUT2D eigenvalue weighted by Gasteiger charge is 2.33. The average Bonchev–Trinajstić information content (AvgIpc) is 2.93. The van der Waals surface area contributed by atoms with Gasteiger partial charge >= 0.3 is 0 Å². The topological polar surface area (TPSA) is 96.0 Å². The lowest BCUT2D eigenvalue weighted by Crippen LogP contribution is -2.51. The van der Waals surface area contributed by atoms with Gasteiger partial charge in [0, 0.05) is 18.6 Å². The molecule has 8 nitrogen and oxygen atoms in total. The monoisotopic (exact) mass is 571 g/mol. The molecule has 0 saturated carbocycles. The quantitative estimate of drug-likeness (QED) is 0.337. The second-order valence-electron chi connectivity index (χ2n) is 8.94. The smallest absolute Gasteiger partial charge is 0.264 e. The summed E-state index contributed by atoms with van der Waals surface area (Å²) in [6, 6.07) is 19.1. The number of carbonyl (C=O) groups excluding carboxylic acids is 2. The first kappa shape index (κ1) is 30.0. The van der Waals surface area contributed by atoms with E-state index < -0.39 is 28.5 Å². The van der Waals surface area contributed by atoms with Crippen LogP contribution in [0.5, 0.6) is 5.75 Å². The van der Waals surface area contributed by atoms with Crippen LogP contribution in [0.4, 0.5) is 5.69 Å². The molecule has 0 aliphatic heterocycles. The molecule has 0 saturated heterocycles. The van der Waals surface area contributed by atoms with Crippen LogP contribution >= 0.6 is 11.6 Å². The molecular weight excluding hydrogens is 538 g/mol. The largest absolute Gasteiger partial charge is 0.494 e. The summed E-state index contributed by atoms with van der Waals surface area (Å²) in [6.07, 6.45) is 0.342. The second-order valence-corrected chi connectivity index (χ2v) is 11.2. The summed E-state index contributed by atoms with van der Waals surface area (Å²) < 4.78 is 34.3. The van der Waals surface area contributed by atoms with Crippen molar-refractivity contribution in [3.05, 3.63) is 88.9 Å². The molecule has 3 rings (SSSR count). The van der Waals surface area contributed by atoms with Crippen molar-refractivity contribution < 1.29 is 22.7 Å². The molecule has 0 unspecified atom stereocenters. The van der Waals surface area contributed by atoms with Crippen molar-refractivity contribution in [3.8, 4) is 5.75 Å². The normalized spacial score (nSPS) is 11.9. The highest BCUT2D eigenvalue weighted by molar-refractivity contribution is 7.92. The molecule has 0 bridgehead atoms. The molecule has 3 aromatic rings. The van der Waals surface area contributed by atoms with E-state index >= 15 is 0 Å². The first-order valence-corrected chi connectivity index (χ1v) is 14.5. The minimum absolute atomic E-state index is 0.0157. The summed E-state index contributed by atoms with van der Waals surface area (Å²) in [4.78, 5) is 28.1. The van der Waals surface area contributed by atoms with Crippen molar-refractivity contribution in [1.29, 1.82) is 0 Å². The number of ether oxygens (including phenoxy) is 1. The van der Waals surface area contributed by atoms with Gasteiger partial charge in [-0.25, -0.2) is 8.42 Å². The standard InChI is InChI=1S/C29H34ClN3O5S/c1-5-27(29(35)31-4)32(19-22-9-11-23(30)12-10-22)28(34)20-33(24-13-7-21(3)8-14-24)39(36,37)26-17-15-25(16-18-26)38-6-2/h7-18,27H,5-6,19-20H2,1-4H3,(H,31,35)/t27-/m1/s1. The summed E-state index contributed by atoms with van der Waals surface area (Å²) in [5, 5.41) is 3.15. The zero-order valence-electron chi connectivity index (χ0n) is 22.6. The van der Waals surface area contributed by atoms with Gasteiger partial charge in [0.15, 0.2) is 0 Å². The number of carbonyl (C=O) groups is 2. The molecule has 0 spiro atoms. The summed E-state index contributed by atoms with van der Waals surface area (Å²) in [7, 11) is -2.65. The molecule has 0 aliphatic carbocycles. The summed E-state index contributed by atoms with van der Waals surface area (Å²) >= 11 is 6.03. The minimum Gasteiger partial charge on any atom is -0.494 e. The Bertz CT molecular complexity index is 1360. The average molecular weight is 572 g/mol. The van der Waals surface area contributed by atoms with E-state index in [4.69, 9.17) is 16.3 Å². The number of anilines is 1. The molecule has 1 N–H and O–H groups in total. The number of nitrogens with zero attached hydrogens (tertiary/aromatic N) is 2. The van der Waals surface area contributed by atoms with Crippen LogP contribution in [0.2, 0.25) is 5.02 Å². The number of aryl methyl sites for hydroxylation is 1. The van der Waals surface area contributed by atoms with Crippen molar-refractivity contribution in [2.75, 3.05) is 24.5 Å². The van der Waals surface area contributed by atoms with Crippen molar-refractivity contribution in [1.82, 2.24) is 10.2 Å². The van der Waals surface area contributed by atoms with Gasteiger partial charge in [-0.3, -0.25) is 13.9 Å². The Morgan fingerprint density at radius 1 is 0.949 bits per heavy atom. The number of nitrogens with one attached hydrogen (secondary N) is 1. The number of rotatable bonds is 12. The fraction of sp³-hybridized carbons (Fsp3) is 0.310. The highest BCUT2D eigenvalue weighted by atomic mass is 35.5. The van der Waals surface area contributed by atoms with Gasteiger partial charge in [-0.15, -0.1) is 0 Å². The predicted molar refractivity (Wildman–Crippen MR) is 153 cm³/mol. The van der Waals surface area contributed by atoms with Gasteiger partial charge in [0.1, 0.15) is 18.3 Å². The zero-order valence-corrected chi connectivity index (χ0v) is 24.1. The third-order valence-electron chi connectivity index (χ3n) is 6.22. The van der Waals surface area contributed by atoms with Gasteiger partial charge in [0.05, 0.1) is 17.2 Å². The summed E-state index contributed by atoms with van der Waals surface area (Å²) in [5.41, 5.74) is 2.03. The number of benzene rings is 3. The second kappa shape index (κ2) is 13.5. The van der Waals surface area contributed by atoms with Gasteiger partial charge in [-0.2, -0.15) is 0 Å². The van der Waals surface area contributed by atoms with Crippen LogP contribution in [0.1, 0.15) is 31.4 Å². The van der Waals surface area contributed by atoms with Crippen LogP contribution in [0.25, 0.3) is 0 Å². The van der Waals surface area contributed by atoms with Crippen LogP contribution in [0.3, 0.4) is 0 Å². The number of halogens is 1. The van der Waals surface area contributed by atoms with E-state index in [1.54, 1.807) is 67.6 Å². The van der Waals surface area contributed by atoms with E-state index in [-0.39, 0.29) is 17.3 Å². The van der Waals surface area contributed by atoms with Gasteiger partial charge in [0.25, 0.3) is 10.0 Å². The lowest BCUT2D eigenvalue weighted by Gasteiger charge is -2.33. The Hall–Kier alpha value is -3.56. The summed E-state index contributed by atoms with van der Waals surface area (Å²) in [6.45, 7) is 5.59. The maximum absolute atomic E-state index is 13.9. The van der Waals surface area contributed by atoms with Crippen molar-refractivity contribution in [3.63, 3.8) is 0 Å². The summed E-state index contributed by atoms with van der Waals surface area (Å²) in [5.74, 6) is -0.313. The van der Waals surface area contributed by atoms with E-state index in [1.165, 1.54) is 24.1 Å². The molecule has 10 heteroatoms. The van der Waals surface area contributed by atoms with Crippen molar-refractivity contribution >= 4 is 39.1 Å². The fourth-order valence-corrected chi connectivity index (χ4v) is 5.65. The zero-order chi connectivity index (χ0) is 28.6. The predicted octanol–water partition coefficient (Wildman–Crippen LogP) is 4.80. The molecule has 0 radical (unpaired) electrons. The molecule has 3 aromatic carbocycles. The third-order valence-corrected chi connectivity index (χ3v) is 8.26. The Balaban J connectivity index is 2.03. The first-order valence-electron chi connectivity index (χ1n) is 12.7. The fourth-order valence-electron chi connectivity index (χ4n) is 4.11. The maximum atomic E-state index is 13.9. The van der Waals surface area contributed by atoms with Crippen LogP contribution in [0, 0.1) is 6.92 Å². The van der Waals surface area contributed by atoms with E-state index in [2.05, 4.69) is 5.32 Å². The lowest BCUT2D eigenvalue weighted by atomic mass is 10.1. The molecule has 0 aromatic heterocycles. The molecular formula is C29H34ClN3O5S. The lowest BCUT2D eigenvalue weighted by molar-refractivity contribution is -0.140. The molecule has 0 aliphatic rings. The van der Waals surface area contributed by atoms with Crippen LogP contribution in [0.15, 0.2) is 77.7 Å². The van der Waals surface area contributed by atoms with Crippen LogP contribution < -0.4 is 14.4 Å². The Morgan fingerprint density at radius 3 is 2.10 bits per heavy atom. The molecule has 0 fully saturated rings. The number of hydrogen-bond donors (Lipinski definition) is 1. The van der Waals surface area contributed by atoms with Gasteiger partial charge in [-0.1, -0.05) is 48.4 Å². The number of sulfonamides is 1. The van der Waals surface area contributed by atoms with E-state index in [9.17, 15) is 18.0 Å². The molecule has 2 amide bonds. The maximum Gasteiger partial charge on any atom is 0.264 e. The van der Waals surface area contributed by atoms with Crippen molar-refractivity contribution in [2.24, 2.45) is 0 Å². The Kier molecular flexibility index (Phi) is 10.4. The number of hydrogen-bond acceptors (Lipinski definition) is 5. The highest BCUT2D eigenvalue weighted by Crippen LogP contribution is 2.26. The number of amides is 2. The van der Waals surface area contributed by atoms with E-state index in [0.717, 1.165) is 15.4 Å². The molecule has 0 heterocycles. The van der Waals surface area contributed by atoms with Gasteiger partial charge < -0.3 is 15.0 Å². The van der Waals surface area contributed by atoms with Crippen LogP contribution in [-0.2, 0) is 26.2 Å². The van der Waals surface area contributed by atoms with Gasteiger partial charge in [0.2, 0.25) is 11.8 Å². The Labute approximate surface area is 235 Å². The van der Waals surface area contributed by atoms with Crippen LogP contribution in [-0.4, -0.2) is 51.4 Å². The Morgan fingerprint density at radius 2 is 1.56 bits per heavy atom. The number of likely N-dealkylation sites (N-methyl/N-ethyl adjacent to an activating group) is 1. The van der Waals surface area contributed by atoms with Gasteiger partial charge in [-0.05, 0) is 74.4 Å². The van der Waals surface area contributed by atoms with E-state index in [0.29, 0.717) is 29.5 Å². The minimum atomic E-state index is -4.15. The van der Waals surface area contributed by atoms with Crippen molar-refractivity contribution in [2.45, 2.75) is 44.7 Å².